The van der Waals surface area contributed by atoms with Crippen molar-refractivity contribution in [2.75, 3.05) is 0 Å². The predicted octanol–water partition coefficient (Wildman–Crippen LogP) is 2.24. The molecule has 0 saturated heterocycles. The highest BCUT2D eigenvalue weighted by molar-refractivity contribution is 5.97. The maximum absolute atomic E-state index is 7.47. The van der Waals surface area contributed by atoms with E-state index in [0.717, 1.165) is 12.1 Å². The number of nitrogen functional groups attached to an aromatic ring is 1. The van der Waals surface area contributed by atoms with E-state index in [1.54, 1.807) is 6.07 Å². The molecule has 1 rings (SSSR count). The second kappa shape index (κ2) is 4.51. The Morgan fingerprint density at radius 2 is 2.12 bits per heavy atom. The molecule has 4 heteroatoms. The quantitative estimate of drug-likeness (QED) is 0.605. The number of amidine groups is 1. The maximum atomic E-state index is 7.47. The fourth-order valence-corrected chi connectivity index (χ4v) is 1.15. The smallest absolute Gasteiger partial charge is 0.225 e. The standard InChI is InChI=1S/C12H19N3O/c1-5-12(3,4)16-11-9(10(13)14)7-6-8(2)15-11/h6-7H,5H2,1-4H3,(H3,13,14). The zero-order valence-electron chi connectivity index (χ0n) is 10.3. The molecule has 1 heterocycles. The van der Waals surface area contributed by atoms with Crippen molar-refractivity contribution >= 4 is 5.84 Å². The van der Waals surface area contributed by atoms with Crippen molar-refractivity contribution in [3.8, 4) is 5.88 Å². The van der Waals surface area contributed by atoms with Gasteiger partial charge < -0.3 is 10.5 Å². The molecule has 0 fully saturated rings. The molecule has 0 aliphatic rings. The Bertz CT molecular complexity index is 399. The van der Waals surface area contributed by atoms with Crippen LogP contribution in [0.15, 0.2) is 12.1 Å². The number of nitrogens with one attached hydrogen (secondary N) is 1. The van der Waals surface area contributed by atoms with Gasteiger partial charge in [-0.3, -0.25) is 5.41 Å². The van der Waals surface area contributed by atoms with Crippen LogP contribution in [0, 0.1) is 12.3 Å². The topological polar surface area (TPSA) is 72.0 Å². The minimum absolute atomic E-state index is 0.0191. The molecule has 4 nitrogen and oxygen atoms in total. The Balaban J connectivity index is 3.10. The van der Waals surface area contributed by atoms with Crippen LogP contribution in [-0.4, -0.2) is 16.4 Å². The van der Waals surface area contributed by atoms with Crippen molar-refractivity contribution in [1.29, 1.82) is 5.41 Å². The first-order chi connectivity index (χ1) is 7.35. The number of aromatic nitrogens is 1. The van der Waals surface area contributed by atoms with E-state index in [1.807, 2.05) is 33.8 Å². The van der Waals surface area contributed by atoms with E-state index in [4.69, 9.17) is 15.9 Å². The third kappa shape index (κ3) is 2.95. The molecule has 0 spiro atoms. The van der Waals surface area contributed by atoms with Crippen LogP contribution < -0.4 is 10.5 Å². The SMILES string of the molecule is CCC(C)(C)Oc1nc(C)ccc1C(=N)N. The van der Waals surface area contributed by atoms with Gasteiger partial charge in [-0.1, -0.05) is 6.92 Å². The van der Waals surface area contributed by atoms with E-state index in [1.165, 1.54) is 0 Å². The van der Waals surface area contributed by atoms with Gasteiger partial charge >= 0.3 is 0 Å². The van der Waals surface area contributed by atoms with Crippen LogP contribution >= 0.6 is 0 Å². The van der Waals surface area contributed by atoms with Crippen LogP contribution in [0.2, 0.25) is 0 Å². The van der Waals surface area contributed by atoms with Gasteiger partial charge in [-0.2, -0.15) is 0 Å². The van der Waals surface area contributed by atoms with Gasteiger partial charge in [0.2, 0.25) is 5.88 Å². The summed E-state index contributed by atoms with van der Waals surface area (Å²) in [6.45, 7) is 7.90. The number of pyridine rings is 1. The van der Waals surface area contributed by atoms with Crippen LogP contribution in [0.4, 0.5) is 0 Å². The van der Waals surface area contributed by atoms with Crippen molar-refractivity contribution in [3.05, 3.63) is 23.4 Å². The third-order valence-electron chi connectivity index (χ3n) is 2.51. The predicted molar refractivity (Wildman–Crippen MR) is 65.0 cm³/mol. The maximum Gasteiger partial charge on any atom is 0.225 e. The van der Waals surface area contributed by atoms with Crippen LogP contribution in [0.25, 0.3) is 0 Å². The van der Waals surface area contributed by atoms with Gasteiger partial charge in [-0.25, -0.2) is 4.98 Å². The number of nitrogens with two attached hydrogens (primary N) is 1. The Morgan fingerprint density at radius 1 is 1.50 bits per heavy atom. The summed E-state index contributed by atoms with van der Waals surface area (Å²) in [4.78, 5) is 4.28. The lowest BCUT2D eigenvalue weighted by atomic mass is 10.1. The van der Waals surface area contributed by atoms with E-state index in [0.29, 0.717) is 11.4 Å². The molecule has 88 valence electrons. The lowest BCUT2D eigenvalue weighted by Crippen LogP contribution is -2.29. The van der Waals surface area contributed by atoms with Crippen molar-refractivity contribution in [2.24, 2.45) is 5.73 Å². The summed E-state index contributed by atoms with van der Waals surface area (Å²) in [6, 6.07) is 3.59. The minimum Gasteiger partial charge on any atom is -0.471 e. The van der Waals surface area contributed by atoms with Gasteiger partial charge in [-0.15, -0.1) is 0 Å². The van der Waals surface area contributed by atoms with Gasteiger partial charge in [0.15, 0.2) is 0 Å². The average molecular weight is 221 g/mol. The fourth-order valence-electron chi connectivity index (χ4n) is 1.15. The highest BCUT2D eigenvalue weighted by Gasteiger charge is 2.20. The summed E-state index contributed by atoms with van der Waals surface area (Å²) in [5.41, 5.74) is 6.59. The second-order valence-electron chi connectivity index (χ2n) is 4.43. The van der Waals surface area contributed by atoms with Crippen LogP contribution in [0.5, 0.6) is 5.88 Å². The molecule has 0 unspecified atom stereocenters. The second-order valence-corrected chi connectivity index (χ2v) is 4.43. The minimum atomic E-state index is -0.301. The van der Waals surface area contributed by atoms with Gasteiger partial charge in [0.25, 0.3) is 0 Å². The molecule has 0 aliphatic carbocycles. The van der Waals surface area contributed by atoms with Gasteiger partial charge in [0.05, 0.1) is 5.56 Å². The number of nitrogens with zero attached hydrogens (tertiary/aromatic N) is 1. The normalized spacial score (nSPS) is 11.2. The highest BCUT2D eigenvalue weighted by atomic mass is 16.5. The first-order valence-electron chi connectivity index (χ1n) is 5.37. The van der Waals surface area contributed by atoms with Crippen molar-refractivity contribution in [1.82, 2.24) is 4.98 Å². The van der Waals surface area contributed by atoms with Crippen LogP contribution in [0.1, 0.15) is 38.4 Å². The van der Waals surface area contributed by atoms with Gasteiger partial charge in [0.1, 0.15) is 11.4 Å². The van der Waals surface area contributed by atoms with E-state index < -0.39 is 0 Å². The van der Waals surface area contributed by atoms with Gasteiger partial charge in [-0.05, 0) is 39.3 Å². The molecule has 0 aromatic carbocycles. The Morgan fingerprint density at radius 3 is 2.62 bits per heavy atom. The lowest BCUT2D eigenvalue weighted by molar-refractivity contribution is 0.0985. The molecule has 16 heavy (non-hydrogen) atoms. The van der Waals surface area contributed by atoms with E-state index >= 15 is 0 Å². The first kappa shape index (κ1) is 12.5. The number of ether oxygens (including phenoxy) is 1. The molecule has 0 bridgehead atoms. The zero-order valence-corrected chi connectivity index (χ0v) is 10.3. The number of hydrogen-bond donors (Lipinski definition) is 2. The summed E-state index contributed by atoms with van der Waals surface area (Å²) in [5, 5.41) is 7.47. The molecule has 1 aromatic rings. The monoisotopic (exact) mass is 221 g/mol. The highest BCUT2D eigenvalue weighted by Crippen LogP contribution is 2.22. The summed E-state index contributed by atoms with van der Waals surface area (Å²) in [5.74, 6) is 0.425. The molecule has 0 amide bonds. The molecule has 0 atom stereocenters. The van der Waals surface area contributed by atoms with Crippen molar-refractivity contribution in [3.63, 3.8) is 0 Å². The average Bonchev–Trinajstić information content (AvgIpc) is 2.16. The Hall–Kier alpha value is -1.58. The summed E-state index contributed by atoms with van der Waals surface area (Å²) in [6.07, 6.45) is 0.861. The molecule has 1 aromatic heterocycles. The lowest BCUT2D eigenvalue weighted by Gasteiger charge is -2.25. The zero-order chi connectivity index (χ0) is 12.3. The Labute approximate surface area is 96.3 Å². The first-order valence-corrected chi connectivity index (χ1v) is 5.37. The van der Waals surface area contributed by atoms with E-state index in [-0.39, 0.29) is 11.4 Å². The summed E-state index contributed by atoms with van der Waals surface area (Å²) < 4.78 is 5.79. The largest absolute Gasteiger partial charge is 0.471 e. The Kier molecular flexibility index (Phi) is 3.52. The number of rotatable bonds is 4. The van der Waals surface area contributed by atoms with E-state index in [9.17, 15) is 0 Å². The molecule has 3 N–H and O–H groups in total. The molecule has 0 aliphatic heterocycles. The van der Waals surface area contributed by atoms with E-state index in [2.05, 4.69) is 4.98 Å². The van der Waals surface area contributed by atoms with Crippen molar-refractivity contribution < 1.29 is 4.74 Å². The van der Waals surface area contributed by atoms with Crippen LogP contribution in [-0.2, 0) is 0 Å². The number of aryl methyl sites for hydroxylation is 1. The fraction of sp³-hybridized carbons (Fsp3) is 0.500. The summed E-state index contributed by atoms with van der Waals surface area (Å²) >= 11 is 0. The third-order valence-corrected chi connectivity index (χ3v) is 2.51. The number of hydrogen-bond acceptors (Lipinski definition) is 3. The van der Waals surface area contributed by atoms with Crippen LogP contribution in [0.3, 0.4) is 0 Å². The summed E-state index contributed by atoms with van der Waals surface area (Å²) in [7, 11) is 0. The molecular weight excluding hydrogens is 202 g/mol. The molecule has 0 saturated carbocycles. The molecular formula is C12H19N3O. The van der Waals surface area contributed by atoms with Crippen molar-refractivity contribution in [2.45, 2.75) is 39.7 Å². The van der Waals surface area contributed by atoms with Gasteiger partial charge in [0, 0.05) is 5.69 Å². The molecule has 0 radical (unpaired) electrons.